The molecule has 2 aromatic rings. The number of hydrogen-bond acceptors (Lipinski definition) is 5. The highest BCUT2D eigenvalue weighted by atomic mass is 32.1. The van der Waals surface area contributed by atoms with Gasteiger partial charge in [-0.25, -0.2) is 5.10 Å². The Hall–Kier alpha value is -2.25. The van der Waals surface area contributed by atoms with E-state index in [1.54, 1.807) is 6.08 Å². The lowest BCUT2D eigenvalue weighted by Gasteiger charge is -2.10. The van der Waals surface area contributed by atoms with Crippen molar-refractivity contribution < 1.29 is 14.3 Å². The lowest BCUT2D eigenvalue weighted by Crippen LogP contribution is -2.29. The molecule has 0 fully saturated rings. The van der Waals surface area contributed by atoms with E-state index in [1.807, 2.05) is 30.3 Å². The molecule has 0 unspecified atom stereocenters. The van der Waals surface area contributed by atoms with Crippen LogP contribution in [-0.2, 0) is 4.79 Å². The number of aromatic amines is 1. The van der Waals surface area contributed by atoms with Crippen LogP contribution in [0.15, 0.2) is 40.8 Å². The summed E-state index contributed by atoms with van der Waals surface area (Å²) in [5, 5.41) is 18.0. The number of benzene rings is 1. The molecule has 1 amide bonds. The molecule has 1 atom stereocenters. The van der Waals surface area contributed by atoms with Gasteiger partial charge in [-0.1, -0.05) is 30.3 Å². The molecule has 0 radical (unpaired) electrons. The SMILES string of the molecule is O=C(/C=C/c1ccccc1)N[C@H](CO)c1n[nH]c(=S)o1. The van der Waals surface area contributed by atoms with Crippen molar-refractivity contribution in [3.8, 4) is 0 Å². The van der Waals surface area contributed by atoms with Gasteiger partial charge in [0.05, 0.1) is 6.61 Å². The van der Waals surface area contributed by atoms with Gasteiger partial charge < -0.3 is 14.8 Å². The summed E-state index contributed by atoms with van der Waals surface area (Å²) in [5.41, 5.74) is 0.903. The van der Waals surface area contributed by atoms with E-state index >= 15 is 0 Å². The molecule has 7 heteroatoms. The van der Waals surface area contributed by atoms with Crippen molar-refractivity contribution in [2.24, 2.45) is 0 Å². The summed E-state index contributed by atoms with van der Waals surface area (Å²) in [6.07, 6.45) is 3.04. The Morgan fingerprint density at radius 1 is 1.50 bits per heavy atom. The van der Waals surface area contributed by atoms with Crippen LogP contribution in [0.25, 0.3) is 6.08 Å². The van der Waals surface area contributed by atoms with Crippen molar-refractivity contribution in [3.05, 3.63) is 52.7 Å². The summed E-state index contributed by atoms with van der Waals surface area (Å²) in [6, 6.07) is 8.66. The van der Waals surface area contributed by atoms with Gasteiger partial charge in [0.1, 0.15) is 6.04 Å². The standard InChI is InChI=1S/C13H13N3O3S/c17-8-10(12-15-16-13(20)19-12)14-11(18)7-6-9-4-2-1-3-5-9/h1-7,10,17H,8H2,(H,14,18)(H,16,20)/b7-6+/t10-/m1/s1. The maximum absolute atomic E-state index is 11.8. The molecule has 20 heavy (non-hydrogen) atoms. The average Bonchev–Trinajstić information content (AvgIpc) is 2.90. The van der Waals surface area contributed by atoms with Gasteiger partial charge in [-0.3, -0.25) is 4.79 Å². The van der Waals surface area contributed by atoms with Crippen molar-refractivity contribution >= 4 is 24.2 Å². The van der Waals surface area contributed by atoms with Gasteiger partial charge in [-0.2, -0.15) is 0 Å². The number of aliphatic hydroxyl groups is 1. The topological polar surface area (TPSA) is 91.1 Å². The van der Waals surface area contributed by atoms with E-state index in [0.29, 0.717) is 0 Å². The lowest BCUT2D eigenvalue weighted by molar-refractivity contribution is -0.117. The first-order chi connectivity index (χ1) is 9.69. The number of nitrogens with one attached hydrogen (secondary N) is 2. The first kappa shape index (κ1) is 14.2. The molecule has 6 nitrogen and oxygen atoms in total. The maximum Gasteiger partial charge on any atom is 0.284 e. The monoisotopic (exact) mass is 291 g/mol. The van der Waals surface area contributed by atoms with Crippen LogP contribution < -0.4 is 5.32 Å². The Balaban J connectivity index is 1.99. The molecule has 2 rings (SSSR count). The Bertz CT molecular complexity index is 648. The number of hydrogen-bond donors (Lipinski definition) is 3. The van der Waals surface area contributed by atoms with Crippen LogP contribution in [-0.4, -0.2) is 27.8 Å². The quantitative estimate of drug-likeness (QED) is 0.575. The molecule has 0 aliphatic rings. The number of nitrogens with zero attached hydrogens (tertiary/aromatic N) is 1. The van der Waals surface area contributed by atoms with Gasteiger partial charge in [0, 0.05) is 6.08 Å². The molecule has 0 aliphatic carbocycles. The Morgan fingerprint density at radius 3 is 2.85 bits per heavy atom. The minimum absolute atomic E-state index is 0.0903. The predicted octanol–water partition coefficient (Wildman–Crippen LogP) is 1.60. The molecule has 0 spiro atoms. The zero-order valence-electron chi connectivity index (χ0n) is 10.4. The van der Waals surface area contributed by atoms with Crippen LogP contribution in [0.4, 0.5) is 0 Å². The van der Waals surface area contributed by atoms with E-state index in [4.69, 9.17) is 16.6 Å². The second-order valence-electron chi connectivity index (χ2n) is 3.94. The van der Waals surface area contributed by atoms with Gasteiger partial charge in [0.2, 0.25) is 11.8 Å². The number of H-pyrrole nitrogens is 1. The fourth-order valence-electron chi connectivity index (χ4n) is 1.53. The molecule has 0 saturated carbocycles. The summed E-state index contributed by atoms with van der Waals surface area (Å²) in [5.74, 6) is -0.226. The van der Waals surface area contributed by atoms with Crippen molar-refractivity contribution in [2.45, 2.75) is 6.04 Å². The van der Waals surface area contributed by atoms with Crippen molar-refractivity contribution in [1.82, 2.24) is 15.5 Å². The van der Waals surface area contributed by atoms with Crippen LogP contribution >= 0.6 is 12.2 Å². The van der Waals surface area contributed by atoms with Gasteiger partial charge >= 0.3 is 0 Å². The highest BCUT2D eigenvalue weighted by molar-refractivity contribution is 7.71. The minimum atomic E-state index is -0.740. The Labute approximate surface area is 120 Å². The second-order valence-corrected chi connectivity index (χ2v) is 4.31. The number of carbonyl (C=O) groups is 1. The summed E-state index contributed by atoms with van der Waals surface area (Å²) in [6.45, 7) is -0.339. The second kappa shape index (κ2) is 6.78. The summed E-state index contributed by atoms with van der Waals surface area (Å²) in [7, 11) is 0. The van der Waals surface area contributed by atoms with E-state index in [9.17, 15) is 9.90 Å². The first-order valence-electron chi connectivity index (χ1n) is 5.89. The van der Waals surface area contributed by atoms with Gasteiger partial charge in [-0.05, 0) is 23.9 Å². The van der Waals surface area contributed by atoms with Crippen LogP contribution in [0.3, 0.4) is 0 Å². The highest BCUT2D eigenvalue weighted by Crippen LogP contribution is 2.09. The smallest absolute Gasteiger partial charge is 0.284 e. The van der Waals surface area contributed by atoms with Crippen molar-refractivity contribution in [3.63, 3.8) is 0 Å². The predicted molar refractivity (Wildman–Crippen MR) is 75.1 cm³/mol. The number of aliphatic hydroxyl groups excluding tert-OH is 1. The number of amides is 1. The average molecular weight is 291 g/mol. The molecular weight excluding hydrogens is 278 g/mol. The third-order valence-electron chi connectivity index (χ3n) is 2.48. The van der Waals surface area contributed by atoms with Gasteiger partial charge in [0.25, 0.3) is 4.84 Å². The van der Waals surface area contributed by atoms with Crippen molar-refractivity contribution in [1.29, 1.82) is 0 Å². The highest BCUT2D eigenvalue weighted by Gasteiger charge is 2.17. The van der Waals surface area contributed by atoms with Crippen LogP contribution in [0.5, 0.6) is 0 Å². The van der Waals surface area contributed by atoms with E-state index < -0.39 is 6.04 Å². The zero-order valence-corrected chi connectivity index (χ0v) is 11.3. The van der Waals surface area contributed by atoms with E-state index in [2.05, 4.69) is 15.5 Å². The Morgan fingerprint density at radius 2 is 2.25 bits per heavy atom. The molecule has 0 aliphatic heterocycles. The fraction of sp³-hybridized carbons (Fsp3) is 0.154. The molecule has 0 bridgehead atoms. The number of aromatic nitrogens is 2. The zero-order chi connectivity index (χ0) is 14.4. The summed E-state index contributed by atoms with van der Waals surface area (Å²) in [4.78, 5) is 11.8. The largest absolute Gasteiger partial charge is 0.412 e. The molecule has 0 saturated heterocycles. The first-order valence-corrected chi connectivity index (χ1v) is 6.30. The third-order valence-corrected chi connectivity index (χ3v) is 2.65. The van der Waals surface area contributed by atoms with Crippen LogP contribution in [0, 0.1) is 4.84 Å². The third kappa shape index (κ3) is 3.87. The lowest BCUT2D eigenvalue weighted by atomic mass is 10.2. The summed E-state index contributed by atoms with van der Waals surface area (Å²) < 4.78 is 5.05. The molecule has 1 aromatic carbocycles. The molecule has 1 heterocycles. The molecule has 3 N–H and O–H groups in total. The van der Waals surface area contributed by atoms with Gasteiger partial charge in [-0.15, -0.1) is 5.10 Å². The fourth-order valence-corrected chi connectivity index (χ4v) is 1.66. The summed E-state index contributed by atoms with van der Waals surface area (Å²) >= 11 is 4.74. The minimum Gasteiger partial charge on any atom is -0.412 e. The normalized spacial score (nSPS) is 12.4. The van der Waals surface area contributed by atoms with Crippen LogP contribution in [0.2, 0.25) is 0 Å². The van der Waals surface area contributed by atoms with Crippen LogP contribution in [0.1, 0.15) is 17.5 Å². The molecular formula is C13H13N3O3S. The van der Waals surface area contributed by atoms with E-state index in [0.717, 1.165) is 5.56 Å². The number of carbonyl (C=O) groups excluding carboxylic acids is 1. The molecule has 104 valence electrons. The van der Waals surface area contributed by atoms with E-state index in [-0.39, 0.29) is 23.2 Å². The van der Waals surface area contributed by atoms with Gasteiger partial charge in [0.15, 0.2) is 0 Å². The Kier molecular flexibility index (Phi) is 4.80. The maximum atomic E-state index is 11.8. The molecule has 1 aromatic heterocycles. The number of rotatable bonds is 5. The van der Waals surface area contributed by atoms with Crippen molar-refractivity contribution in [2.75, 3.05) is 6.61 Å². The van der Waals surface area contributed by atoms with E-state index in [1.165, 1.54) is 6.08 Å².